The Hall–Kier alpha value is -2.88. The SMILES string of the molecule is CCc1cccc2c(C(=O)COC(=O)c3ccc(C)cc3C)c[nH]c12. The number of carbonyl (C=O) groups excluding carboxylic acids is 2. The number of benzene rings is 2. The molecule has 4 nitrogen and oxygen atoms in total. The van der Waals surface area contributed by atoms with E-state index in [4.69, 9.17) is 4.74 Å². The van der Waals surface area contributed by atoms with E-state index in [-0.39, 0.29) is 12.4 Å². The van der Waals surface area contributed by atoms with Crippen LogP contribution in [-0.4, -0.2) is 23.3 Å². The number of rotatable bonds is 5. The Balaban J connectivity index is 1.76. The Bertz CT molecular complexity index is 953. The average Bonchev–Trinajstić information content (AvgIpc) is 3.03. The summed E-state index contributed by atoms with van der Waals surface area (Å²) >= 11 is 0. The molecule has 0 amide bonds. The first kappa shape index (κ1) is 17.0. The molecule has 0 saturated heterocycles. The van der Waals surface area contributed by atoms with Crippen LogP contribution in [0.15, 0.2) is 42.6 Å². The summed E-state index contributed by atoms with van der Waals surface area (Å²) in [7, 11) is 0. The second kappa shape index (κ2) is 6.93. The van der Waals surface area contributed by atoms with Gasteiger partial charge in [0.15, 0.2) is 6.61 Å². The molecule has 0 aliphatic carbocycles. The number of nitrogens with one attached hydrogen (secondary N) is 1. The van der Waals surface area contributed by atoms with Gasteiger partial charge in [0.1, 0.15) is 0 Å². The third kappa shape index (κ3) is 3.33. The first-order valence-electron chi connectivity index (χ1n) is 8.37. The second-order valence-electron chi connectivity index (χ2n) is 6.21. The summed E-state index contributed by atoms with van der Waals surface area (Å²) in [5.41, 5.74) is 5.09. The molecule has 1 N–H and O–H groups in total. The standard InChI is InChI=1S/C21H21NO3/c1-4-15-6-5-7-17-18(11-22-20(15)17)19(23)12-25-21(24)16-9-8-13(2)10-14(16)3/h5-11,22H,4,12H2,1-3H3. The number of ketones is 1. The molecule has 3 aromatic rings. The molecule has 0 saturated carbocycles. The van der Waals surface area contributed by atoms with Gasteiger partial charge in [-0.15, -0.1) is 0 Å². The fourth-order valence-electron chi connectivity index (χ4n) is 3.07. The molecule has 0 fully saturated rings. The molecule has 1 heterocycles. The van der Waals surface area contributed by atoms with Crippen molar-refractivity contribution in [1.82, 2.24) is 4.98 Å². The monoisotopic (exact) mass is 335 g/mol. The molecule has 0 spiro atoms. The Morgan fingerprint density at radius 3 is 2.60 bits per heavy atom. The number of hydrogen-bond acceptors (Lipinski definition) is 3. The van der Waals surface area contributed by atoms with E-state index in [1.165, 1.54) is 0 Å². The number of H-pyrrole nitrogens is 1. The largest absolute Gasteiger partial charge is 0.454 e. The molecule has 0 aliphatic rings. The van der Waals surface area contributed by atoms with Gasteiger partial charge in [-0.05, 0) is 37.5 Å². The Kier molecular flexibility index (Phi) is 4.70. The first-order chi connectivity index (χ1) is 12.0. The van der Waals surface area contributed by atoms with Crippen LogP contribution in [0, 0.1) is 13.8 Å². The molecule has 25 heavy (non-hydrogen) atoms. The van der Waals surface area contributed by atoms with Crippen LogP contribution in [0.1, 0.15) is 44.3 Å². The number of carbonyl (C=O) groups is 2. The van der Waals surface area contributed by atoms with Crippen molar-refractivity contribution >= 4 is 22.7 Å². The topological polar surface area (TPSA) is 59.2 Å². The molecule has 0 bridgehead atoms. The zero-order chi connectivity index (χ0) is 18.0. The normalized spacial score (nSPS) is 10.8. The highest BCUT2D eigenvalue weighted by Gasteiger charge is 2.17. The highest BCUT2D eigenvalue weighted by atomic mass is 16.5. The van der Waals surface area contributed by atoms with Gasteiger partial charge in [-0.1, -0.05) is 42.8 Å². The summed E-state index contributed by atoms with van der Waals surface area (Å²) in [6.45, 7) is 5.63. The fraction of sp³-hybridized carbons (Fsp3) is 0.238. The van der Waals surface area contributed by atoms with Crippen LogP contribution in [0.3, 0.4) is 0 Å². The summed E-state index contributed by atoms with van der Waals surface area (Å²) in [6, 6.07) is 11.4. The van der Waals surface area contributed by atoms with Gasteiger partial charge in [0.2, 0.25) is 5.78 Å². The summed E-state index contributed by atoms with van der Waals surface area (Å²) in [6.07, 6.45) is 2.57. The van der Waals surface area contributed by atoms with Gasteiger partial charge in [-0.25, -0.2) is 4.79 Å². The van der Waals surface area contributed by atoms with Crippen molar-refractivity contribution in [2.75, 3.05) is 6.61 Å². The number of para-hydroxylation sites is 1. The fourth-order valence-corrected chi connectivity index (χ4v) is 3.07. The minimum Gasteiger partial charge on any atom is -0.454 e. The van der Waals surface area contributed by atoms with Crippen molar-refractivity contribution in [3.05, 3.63) is 70.4 Å². The van der Waals surface area contributed by atoms with Gasteiger partial charge in [-0.2, -0.15) is 0 Å². The third-order valence-electron chi connectivity index (χ3n) is 4.42. The number of aryl methyl sites for hydroxylation is 3. The van der Waals surface area contributed by atoms with Crippen molar-refractivity contribution in [3.8, 4) is 0 Å². The zero-order valence-electron chi connectivity index (χ0n) is 14.7. The van der Waals surface area contributed by atoms with Crippen LogP contribution in [-0.2, 0) is 11.2 Å². The maximum atomic E-state index is 12.5. The van der Waals surface area contributed by atoms with E-state index in [0.29, 0.717) is 11.1 Å². The highest BCUT2D eigenvalue weighted by molar-refractivity contribution is 6.09. The van der Waals surface area contributed by atoms with Gasteiger partial charge in [-0.3, -0.25) is 4.79 Å². The van der Waals surface area contributed by atoms with Crippen LogP contribution in [0.5, 0.6) is 0 Å². The number of ether oxygens (including phenoxy) is 1. The van der Waals surface area contributed by atoms with E-state index >= 15 is 0 Å². The number of aromatic nitrogens is 1. The van der Waals surface area contributed by atoms with Crippen molar-refractivity contribution in [3.63, 3.8) is 0 Å². The van der Waals surface area contributed by atoms with E-state index in [1.807, 2.05) is 44.2 Å². The second-order valence-corrected chi connectivity index (χ2v) is 6.21. The Morgan fingerprint density at radius 1 is 1.08 bits per heavy atom. The molecule has 3 rings (SSSR count). The number of aromatic amines is 1. The molecule has 128 valence electrons. The van der Waals surface area contributed by atoms with Gasteiger partial charge < -0.3 is 9.72 Å². The molecule has 0 aliphatic heterocycles. The van der Waals surface area contributed by atoms with Crippen molar-refractivity contribution < 1.29 is 14.3 Å². The highest BCUT2D eigenvalue weighted by Crippen LogP contribution is 2.23. The molecule has 4 heteroatoms. The van der Waals surface area contributed by atoms with Gasteiger partial charge in [0, 0.05) is 22.7 Å². The minimum atomic E-state index is -0.472. The van der Waals surface area contributed by atoms with Crippen LogP contribution >= 0.6 is 0 Å². The molecular formula is C21H21NO3. The predicted molar refractivity (Wildman–Crippen MR) is 98.2 cm³/mol. The van der Waals surface area contributed by atoms with E-state index in [0.717, 1.165) is 34.0 Å². The molecule has 0 unspecified atom stereocenters. The third-order valence-corrected chi connectivity index (χ3v) is 4.42. The van der Waals surface area contributed by atoms with Gasteiger partial charge in [0.25, 0.3) is 0 Å². The molecule has 1 aromatic heterocycles. The summed E-state index contributed by atoms with van der Waals surface area (Å²) < 4.78 is 5.24. The van der Waals surface area contributed by atoms with Crippen molar-refractivity contribution in [2.24, 2.45) is 0 Å². The minimum absolute atomic E-state index is 0.211. The molecule has 0 atom stereocenters. The Labute approximate surface area is 146 Å². The quantitative estimate of drug-likeness (QED) is 0.556. The van der Waals surface area contributed by atoms with Crippen LogP contribution < -0.4 is 0 Å². The van der Waals surface area contributed by atoms with E-state index < -0.39 is 5.97 Å². The average molecular weight is 335 g/mol. The van der Waals surface area contributed by atoms with Crippen molar-refractivity contribution in [2.45, 2.75) is 27.2 Å². The Morgan fingerprint density at radius 2 is 1.88 bits per heavy atom. The predicted octanol–water partition coefficient (Wildman–Crippen LogP) is 4.39. The number of fused-ring (bicyclic) bond motifs is 1. The van der Waals surface area contributed by atoms with Gasteiger partial charge >= 0.3 is 5.97 Å². The molecular weight excluding hydrogens is 314 g/mol. The number of hydrogen-bond donors (Lipinski definition) is 1. The first-order valence-corrected chi connectivity index (χ1v) is 8.37. The van der Waals surface area contributed by atoms with Crippen LogP contribution in [0.4, 0.5) is 0 Å². The zero-order valence-corrected chi connectivity index (χ0v) is 14.7. The van der Waals surface area contributed by atoms with Crippen LogP contribution in [0.2, 0.25) is 0 Å². The molecule has 2 aromatic carbocycles. The van der Waals surface area contributed by atoms with Gasteiger partial charge in [0.05, 0.1) is 5.56 Å². The smallest absolute Gasteiger partial charge is 0.338 e. The maximum Gasteiger partial charge on any atom is 0.338 e. The summed E-state index contributed by atoms with van der Waals surface area (Å²) in [5, 5.41) is 0.868. The summed E-state index contributed by atoms with van der Waals surface area (Å²) in [4.78, 5) is 27.9. The lowest BCUT2D eigenvalue weighted by Gasteiger charge is -2.07. The van der Waals surface area contributed by atoms with E-state index in [9.17, 15) is 9.59 Å². The van der Waals surface area contributed by atoms with E-state index in [1.54, 1.807) is 12.3 Å². The van der Waals surface area contributed by atoms with Crippen LogP contribution in [0.25, 0.3) is 10.9 Å². The van der Waals surface area contributed by atoms with E-state index in [2.05, 4.69) is 11.9 Å². The lowest BCUT2D eigenvalue weighted by molar-refractivity contribution is 0.0474. The summed E-state index contributed by atoms with van der Waals surface area (Å²) in [5.74, 6) is -0.683. The van der Waals surface area contributed by atoms with Crippen molar-refractivity contribution in [1.29, 1.82) is 0 Å². The lowest BCUT2D eigenvalue weighted by atomic mass is 10.0. The lowest BCUT2D eigenvalue weighted by Crippen LogP contribution is -2.15. The number of esters is 1. The number of Topliss-reactive ketones (excluding diaryl/α,β-unsaturated/α-hetero) is 1. The maximum absolute atomic E-state index is 12.5. The molecule has 0 radical (unpaired) electrons.